The Morgan fingerprint density at radius 3 is 2.07 bits per heavy atom. The average molecular weight is 566 g/mol. The Kier molecular flexibility index (Phi) is 5.21. The van der Waals surface area contributed by atoms with Crippen LogP contribution in [0.3, 0.4) is 0 Å². The minimum absolute atomic E-state index is 0.207. The minimum Gasteiger partial charge on any atom is -0.456 e. The van der Waals surface area contributed by atoms with Gasteiger partial charge in [0.25, 0.3) is 0 Å². The third kappa shape index (κ3) is 3.61. The van der Waals surface area contributed by atoms with Crippen LogP contribution in [-0.2, 0) is 5.41 Å². The summed E-state index contributed by atoms with van der Waals surface area (Å²) in [6.45, 7) is 4.61. The van der Waals surface area contributed by atoms with Crippen LogP contribution in [0.4, 0.5) is 0 Å². The molecule has 2 heterocycles. The predicted molar refractivity (Wildman–Crippen MR) is 178 cm³/mol. The van der Waals surface area contributed by atoms with Gasteiger partial charge in [-0.2, -0.15) is 0 Å². The molecular weight excluding hydrogens is 538 g/mol. The Hall–Kier alpha value is -5.61. The van der Waals surface area contributed by atoms with E-state index in [0.29, 0.717) is 17.5 Å². The maximum Gasteiger partial charge on any atom is 0.164 e. The quantitative estimate of drug-likeness (QED) is 0.214. The van der Waals surface area contributed by atoms with Gasteiger partial charge in [-0.1, -0.05) is 123 Å². The summed E-state index contributed by atoms with van der Waals surface area (Å²) in [5, 5.41) is 4.61. The molecule has 44 heavy (non-hydrogen) atoms. The molecular formula is C40H27N3O. The number of para-hydroxylation sites is 1. The summed E-state index contributed by atoms with van der Waals surface area (Å²) in [6.07, 6.45) is 0. The summed E-state index contributed by atoms with van der Waals surface area (Å²) in [5.74, 6) is 1.99. The number of nitrogens with zero attached hydrogens (tertiary/aromatic N) is 3. The van der Waals surface area contributed by atoms with E-state index in [1.807, 2.05) is 30.3 Å². The normalized spacial score (nSPS) is 13.4. The maximum absolute atomic E-state index is 6.27. The molecule has 0 spiro atoms. The van der Waals surface area contributed by atoms with Gasteiger partial charge in [0.05, 0.1) is 0 Å². The first-order chi connectivity index (χ1) is 21.6. The van der Waals surface area contributed by atoms with Gasteiger partial charge in [0.2, 0.25) is 0 Å². The Labute approximate surface area is 254 Å². The molecule has 0 N–H and O–H groups in total. The highest BCUT2D eigenvalue weighted by Crippen LogP contribution is 2.53. The summed E-state index contributed by atoms with van der Waals surface area (Å²) in [6, 6.07) is 44.2. The molecule has 0 fully saturated rings. The van der Waals surface area contributed by atoms with Gasteiger partial charge in [-0.05, 0) is 51.2 Å². The monoisotopic (exact) mass is 565 g/mol. The summed E-state index contributed by atoms with van der Waals surface area (Å²) < 4.78 is 6.27. The van der Waals surface area contributed by atoms with E-state index in [1.165, 1.54) is 27.6 Å². The molecule has 8 aromatic rings. The van der Waals surface area contributed by atoms with Gasteiger partial charge < -0.3 is 4.42 Å². The summed E-state index contributed by atoms with van der Waals surface area (Å²) in [5.41, 5.74) is 9.61. The lowest BCUT2D eigenvalue weighted by Crippen LogP contribution is -2.15. The van der Waals surface area contributed by atoms with E-state index in [2.05, 4.69) is 111 Å². The molecule has 9 rings (SSSR count). The number of rotatable bonds is 3. The Balaban J connectivity index is 1.27. The molecule has 0 saturated carbocycles. The van der Waals surface area contributed by atoms with Crippen molar-refractivity contribution in [3.05, 3.63) is 139 Å². The second-order valence-corrected chi connectivity index (χ2v) is 12.0. The van der Waals surface area contributed by atoms with E-state index in [4.69, 9.17) is 19.4 Å². The lowest BCUT2D eigenvalue weighted by atomic mass is 9.81. The van der Waals surface area contributed by atoms with Gasteiger partial charge in [-0.3, -0.25) is 0 Å². The standard InChI is InChI=1S/C40H27N3O/c1-40(2)31-21-22-34-36(30-16-8-9-18-33(30)44-34)35(31)29-20-19-26(23-32(29)40)38-41-37(25-12-4-3-5-13-25)42-39(43-38)28-17-10-14-24-11-6-7-15-27(24)28/h3-23H,1-2H3. The van der Waals surface area contributed by atoms with Crippen molar-refractivity contribution in [3.63, 3.8) is 0 Å². The number of benzene rings is 6. The Morgan fingerprint density at radius 2 is 1.20 bits per heavy atom. The SMILES string of the molecule is CC1(C)c2cc(-c3nc(-c4ccccc4)nc(-c4cccc5ccccc45)n3)ccc2-c2c1ccc1oc3ccccc3c21. The topological polar surface area (TPSA) is 51.8 Å². The number of aromatic nitrogens is 3. The predicted octanol–water partition coefficient (Wildman–Crippen LogP) is 10.2. The van der Waals surface area contributed by atoms with Crippen molar-refractivity contribution >= 4 is 32.7 Å². The number of furan rings is 1. The molecule has 1 aliphatic carbocycles. The smallest absolute Gasteiger partial charge is 0.164 e. The first-order valence-electron chi connectivity index (χ1n) is 15.0. The van der Waals surface area contributed by atoms with E-state index in [0.717, 1.165) is 44.0 Å². The van der Waals surface area contributed by atoms with Gasteiger partial charge in [-0.25, -0.2) is 15.0 Å². The van der Waals surface area contributed by atoms with Gasteiger partial charge >= 0.3 is 0 Å². The molecule has 0 unspecified atom stereocenters. The zero-order valence-electron chi connectivity index (χ0n) is 24.4. The lowest BCUT2D eigenvalue weighted by Gasteiger charge is -2.22. The molecule has 1 aliphatic rings. The van der Waals surface area contributed by atoms with Crippen LogP contribution in [0.1, 0.15) is 25.0 Å². The number of hydrogen-bond acceptors (Lipinski definition) is 4. The van der Waals surface area contributed by atoms with Gasteiger partial charge in [-0.15, -0.1) is 0 Å². The second kappa shape index (κ2) is 9.19. The second-order valence-electron chi connectivity index (χ2n) is 12.0. The van der Waals surface area contributed by atoms with Gasteiger partial charge in [0, 0.05) is 32.9 Å². The largest absolute Gasteiger partial charge is 0.456 e. The fourth-order valence-corrected chi connectivity index (χ4v) is 6.94. The molecule has 4 nitrogen and oxygen atoms in total. The molecule has 0 saturated heterocycles. The molecule has 208 valence electrons. The van der Waals surface area contributed by atoms with Crippen molar-refractivity contribution in [3.8, 4) is 45.3 Å². The summed E-state index contributed by atoms with van der Waals surface area (Å²) in [7, 11) is 0. The fraction of sp³-hybridized carbons (Fsp3) is 0.0750. The molecule has 4 heteroatoms. The van der Waals surface area contributed by atoms with Crippen LogP contribution < -0.4 is 0 Å². The van der Waals surface area contributed by atoms with Crippen LogP contribution in [0.15, 0.2) is 132 Å². The van der Waals surface area contributed by atoms with Crippen LogP contribution >= 0.6 is 0 Å². The number of hydrogen-bond donors (Lipinski definition) is 0. The van der Waals surface area contributed by atoms with E-state index < -0.39 is 0 Å². The van der Waals surface area contributed by atoms with Crippen molar-refractivity contribution in [2.45, 2.75) is 19.3 Å². The highest BCUT2D eigenvalue weighted by molar-refractivity contribution is 6.15. The van der Waals surface area contributed by atoms with E-state index in [1.54, 1.807) is 0 Å². The van der Waals surface area contributed by atoms with E-state index in [9.17, 15) is 0 Å². The molecule has 0 aliphatic heterocycles. The number of fused-ring (bicyclic) bond motifs is 8. The van der Waals surface area contributed by atoms with Crippen LogP contribution in [0.2, 0.25) is 0 Å². The van der Waals surface area contributed by atoms with Crippen LogP contribution in [0, 0.1) is 0 Å². The Bertz CT molecular complexity index is 2420. The highest BCUT2D eigenvalue weighted by Gasteiger charge is 2.37. The lowest BCUT2D eigenvalue weighted by molar-refractivity contribution is 0.656. The molecule has 0 radical (unpaired) electrons. The first-order valence-corrected chi connectivity index (χ1v) is 15.0. The van der Waals surface area contributed by atoms with Gasteiger partial charge in [0.15, 0.2) is 17.5 Å². The third-order valence-corrected chi connectivity index (χ3v) is 9.14. The average Bonchev–Trinajstić information content (AvgIpc) is 3.56. The van der Waals surface area contributed by atoms with Crippen LogP contribution in [-0.4, -0.2) is 15.0 Å². The van der Waals surface area contributed by atoms with Crippen molar-refractivity contribution in [2.75, 3.05) is 0 Å². The van der Waals surface area contributed by atoms with Crippen LogP contribution in [0.5, 0.6) is 0 Å². The maximum atomic E-state index is 6.27. The summed E-state index contributed by atoms with van der Waals surface area (Å²) in [4.78, 5) is 15.2. The Morgan fingerprint density at radius 1 is 0.500 bits per heavy atom. The molecule has 2 aromatic heterocycles. The van der Waals surface area contributed by atoms with E-state index >= 15 is 0 Å². The third-order valence-electron chi connectivity index (χ3n) is 9.14. The van der Waals surface area contributed by atoms with Gasteiger partial charge in [0.1, 0.15) is 11.2 Å². The van der Waals surface area contributed by atoms with Crippen molar-refractivity contribution in [2.24, 2.45) is 0 Å². The van der Waals surface area contributed by atoms with Crippen molar-refractivity contribution in [1.29, 1.82) is 0 Å². The minimum atomic E-state index is -0.207. The fourth-order valence-electron chi connectivity index (χ4n) is 6.94. The molecule has 6 aromatic carbocycles. The summed E-state index contributed by atoms with van der Waals surface area (Å²) >= 11 is 0. The zero-order valence-corrected chi connectivity index (χ0v) is 24.4. The van der Waals surface area contributed by atoms with Crippen molar-refractivity contribution < 1.29 is 4.42 Å². The zero-order chi connectivity index (χ0) is 29.4. The first kappa shape index (κ1) is 24.9. The molecule has 0 atom stereocenters. The van der Waals surface area contributed by atoms with Crippen LogP contribution in [0.25, 0.3) is 78.0 Å². The van der Waals surface area contributed by atoms with E-state index in [-0.39, 0.29) is 5.41 Å². The molecule has 0 amide bonds. The molecule has 0 bridgehead atoms. The van der Waals surface area contributed by atoms with Crippen molar-refractivity contribution in [1.82, 2.24) is 15.0 Å². The highest BCUT2D eigenvalue weighted by atomic mass is 16.3.